The minimum atomic E-state index is -5.35. The molecule has 0 saturated heterocycles. The largest absolute Gasteiger partial charge is 0.380 e. The van der Waals surface area contributed by atoms with E-state index in [0.29, 0.717) is 0 Å². The summed E-state index contributed by atoms with van der Waals surface area (Å²) in [5.41, 5.74) is 0. The maximum absolute atomic E-state index is 12.0. The van der Waals surface area contributed by atoms with Crippen molar-refractivity contribution in [1.29, 1.82) is 0 Å². The number of allylic oxidation sites excluding steroid dienone is 2. The minimum absolute atomic E-state index is 2.70. The van der Waals surface area contributed by atoms with Crippen LogP contribution in [-0.2, 0) is 4.79 Å². The summed E-state index contributed by atoms with van der Waals surface area (Å²) in [5, 5.41) is 0. The molecule has 0 saturated carbocycles. The van der Waals surface area contributed by atoms with Crippen LogP contribution in [0.4, 0.5) is 26.3 Å². The highest BCUT2D eigenvalue weighted by atomic mass is 19.3. The average molecular weight is 190 g/mol. The predicted molar refractivity (Wildman–Crippen MR) is 24.1 cm³/mol. The van der Waals surface area contributed by atoms with Crippen LogP contribution in [0.25, 0.3) is 0 Å². The zero-order chi connectivity index (χ0) is 9.73. The summed E-state index contributed by atoms with van der Waals surface area (Å²) in [5.74, 6) is -19.2. The van der Waals surface area contributed by atoms with Crippen molar-refractivity contribution in [2.75, 3.05) is 0 Å². The molecule has 0 heterocycles. The molecule has 68 valence electrons. The van der Waals surface area contributed by atoms with Crippen molar-refractivity contribution < 1.29 is 31.1 Å². The summed E-state index contributed by atoms with van der Waals surface area (Å²) in [6, 6.07) is 0. The normalized spacial score (nSPS) is 26.7. The van der Waals surface area contributed by atoms with Crippen molar-refractivity contribution in [3.8, 4) is 0 Å². The molecular formula is C5F6O. The van der Waals surface area contributed by atoms with Crippen LogP contribution < -0.4 is 0 Å². The van der Waals surface area contributed by atoms with Crippen LogP contribution in [0.5, 0.6) is 0 Å². The van der Waals surface area contributed by atoms with Crippen LogP contribution in [-0.4, -0.2) is 17.6 Å². The molecule has 7 heteroatoms. The van der Waals surface area contributed by atoms with Gasteiger partial charge < -0.3 is 0 Å². The highest BCUT2D eigenvalue weighted by molar-refractivity contribution is 6.03. The topological polar surface area (TPSA) is 17.1 Å². The Morgan fingerprint density at radius 3 is 1.42 bits per heavy atom. The second kappa shape index (κ2) is 2.02. The fraction of sp³-hybridized carbons (Fsp3) is 0.400. The second-order valence-corrected chi connectivity index (χ2v) is 2.11. The lowest BCUT2D eigenvalue weighted by molar-refractivity contribution is -0.187. The number of carbonyl (C=O) groups excluding carboxylic acids is 1. The molecule has 0 bridgehead atoms. The maximum atomic E-state index is 12.0. The van der Waals surface area contributed by atoms with Crippen LogP contribution in [0.1, 0.15) is 0 Å². The van der Waals surface area contributed by atoms with Crippen LogP contribution in [0, 0.1) is 0 Å². The molecule has 1 nitrogen and oxygen atoms in total. The zero-order valence-electron chi connectivity index (χ0n) is 5.18. The molecule has 0 aromatic carbocycles. The molecule has 0 N–H and O–H groups in total. The number of carbonyl (C=O) groups is 1. The Morgan fingerprint density at radius 1 is 0.917 bits per heavy atom. The Balaban J connectivity index is 3.31. The molecule has 0 fully saturated rings. The molecule has 0 amide bonds. The first-order valence-corrected chi connectivity index (χ1v) is 2.59. The van der Waals surface area contributed by atoms with E-state index in [9.17, 15) is 31.1 Å². The number of ketones is 1. The van der Waals surface area contributed by atoms with E-state index in [1.165, 1.54) is 0 Å². The van der Waals surface area contributed by atoms with Gasteiger partial charge in [-0.15, -0.1) is 0 Å². The van der Waals surface area contributed by atoms with E-state index in [1.54, 1.807) is 0 Å². The number of rotatable bonds is 0. The minimum Gasteiger partial charge on any atom is -0.284 e. The Labute approximate surface area is 61.7 Å². The Bertz CT molecular complexity index is 278. The summed E-state index contributed by atoms with van der Waals surface area (Å²) in [6.07, 6.45) is 0. The number of halogens is 6. The molecule has 0 atom stereocenters. The summed E-state index contributed by atoms with van der Waals surface area (Å²) >= 11 is 0. The zero-order valence-corrected chi connectivity index (χ0v) is 5.18. The smallest absolute Gasteiger partial charge is 0.284 e. The Morgan fingerprint density at radius 2 is 1.33 bits per heavy atom. The molecule has 1 aliphatic carbocycles. The Kier molecular flexibility index (Phi) is 1.53. The fourth-order valence-electron chi connectivity index (χ4n) is 0.656. The highest BCUT2D eigenvalue weighted by Crippen LogP contribution is 2.49. The van der Waals surface area contributed by atoms with E-state index >= 15 is 0 Å². The third-order valence-electron chi connectivity index (χ3n) is 1.35. The number of alkyl halides is 4. The Hall–Kier alpha value is -1.01. The van der Waals surface area contributed by atoms with Crippen LogP contribution in [0.2, 0.25) is 0 Å². The second-order valence-electron chi connectivity index (χ2n) is 2.11. The predicted octanol–water partition coefficient (Wildman–Crippen LogP) is 1.99. The SMILES string of the molecule is O=C1C(F)=C(F)C(F)(F)C1(F)F. The van der Waals surface area contributed by atoms with Gasteiger partial charge in [-0.25, -0.2) is 4.39 Å². The number of hydrogen-bond acceptors (Lipinski definition) is 1. The van der Waals surface area contributed by atoms with Gasteiger partial charge in [0.2, 0.25) is 11.7 Å². The van der Waals surface area contributed by atoms with Crippen LogP contribution in [0.3, 0.4) is 0 Å². The van der Waals surface area contributed by atoms with Gasteiger partial charge in [-0.1, -0.05) is 0 Å². The number of Topliss-reactive ketones (excluding diaryl/α,β-unsaturated/α-hetero) is 1. The van der Waals surface area contributed by atoms with Crippen molar-refractivity contribution in [1.82, 2.24) is 0 Å². The van der Waals surface area contributed by atoms with Crippen molar-refractivity contribution in [2.24, 2.45) is 0 Å². The lowest BCUT2D eigenvalue weighted by atomic mass is 10.2. The summed E-state index contributed by atoms with van der Waals surface area (Å²) in [7, 11) is 0. The number of hydrogen-bond donors (Lipinski definition) is 0. The lowest BCUT2D eigenvalue weighted by Crippen LogP contribution is -2.41. The van der Waals surface area contributed by atoms with Crippen molar-refractivity contribution in [3.63, 3.8) is 0 Å². The van der Waals surface area contributed by atoms with Gasteiger partial charge in [-0.2, -0.15) is 22.0 Å². The molecule has 1 aliphatic rings. The monoisotopic (exact) mass is 190 g/mol. The standard InChI is InChI=1S/C5F6O/c6-1-2(7)4(8,9)5(10,11)3(1)12. The molecule has 0 aromatic heterocycles. The van der Waals surface area contributed by atoms with E-state index in [-0.39, 0.29) is 0 Å². The molecule has 0 unspecified atom stereocenters. The summed E-state index contributed by atoms with van der Waals surface area (Å²) < 4.78 is 71.7. The maximum Gasteiger partial charge on any atom is 0.380 e. The highest BCUT2D eigenvalue weighted by Gasteiger charge is 2.72. The van der Waals surface area contributed by atoms with Crippen molar-refractivity contribution in [2.45, 2.75) is 11.8 Å². The van der Waals surface area contributed by atoms with Gasteiger partial charge in [0.25, 0.3) is 5.78 Å². The lowest BCUT2D eigenvalue weighted by Gasteiger charge is -2.15. The first-order valence-electron chi connectivity index (χ1n) is 2.59. The van der Waals surface area contributed by atoms with Gasteiger partial charge >= 0.3 is 11.8 Å². The molecule has 0 spiro atoms. The molecule has 0 radical (unpaired) electrons. The van der Waals surface area contributed by atoms with E-state index in [0.717, 1.165) is 0 Å². The van der Waals surface area contributed by atoms with Gasteiger partial charge in [0.1, 0.15) is 0 Å². The summed E-state index contributed by atoms with van der Waals surface area (Å²) in [4.78, 5) is 9.95. The van der Waals surface area contributed by atoms with Crippen molar-refractivity contribution in [3.05, 3.63) is 11.7 Å². The van der Waals surface area contributed by atoms with E-state index in [2.05, 4.69) is 0 Å². The average Bonchev–Trinajstić information content (AvgIpc) is 2.05. The third kappa shape index (κ3) is 0.733. The van der Waals surface area contributed by atoms with Gasteiger partial charge in [-0.05, 0) is 0 Å². The fourth-order valence-corrected chi connectivity index (χ4v) is 0.656. The van der Waals surface area contributed by atoms with Gasteiger partial charge in [0.15, 0.2) is 0 Å². The van der Waals surface area contributed by atoms with Gasteiger partial charge in [0, 0.05) is 0 Å². The quantitative estimate of drug-likeness (QED) is 0.534. The molecule has 0 aliphatic heterocycles. The van der Waals surface area contributed by atoms with Crippen molar-refractivity contribution >= 4 is 5.78 Å². The third-order valence-corrected chi connectivity index (χ3v) is 1.35. The molecule has 0 aromatic rings. The molecule has 12 heavy (non-hydrogen) atoms. The van der Waals surface area contributed by atoms with E-state index in [4.69, 9.17) is 0 Å². The van der Waals surface area contributed by atoms with Crippen LogP contribution >= 0.6 is 0 Å². The van der Waals surface area contributed by atoms with E-state index < -0.39 is 29.3 Å². The van der Waals surface area contributed by atoms with E-state index in [1.807, 2.05) is 0 Å². The molecule has 1 rings (SSSR count). The first-order chi connectivity index (χ1) is 5.23. The van der Waals surface area contributed by atoms with Crippen LogP contribution in [0.15, 0.2) is 11.7 Å². The molecular weight excluding hydrogens is 190 g/mol. The van der Waals surface area contributed by atoms with Gasteiger partial charge in [-0.3, -0.25) is 4.79 Å². The van der Waals surface area contributed by atoms with Gasteiger partial charge in [0.05, 0.1) is 0 Å². The summed E-state index contributed by atoms with van der Waals surface area (Å²) in [6.45, 7) is 0. The first kappa shape index (κ1) is 9.08.